The number of hydrogen-bond donors (Lipinski definition) is 0. The van der Waals surface area contributed by atoms with Gasteiger partial charge in [-0.05, 0) is 26.7 Å². The van der Waals surface area contributed by atoms with Gasteiger partial charge >= 0.3 is 11.9 Å². The van der Waals surface area contributed by atoms with Crippen molar-refractivity contribution in [3.63, 3.8) is 0 Å². The zero-order chi connectivity index (χ0) is 13.0. The van der Waals surface area contributed by atoms with Gasteiger partial charge in [0.15, 0.2) is 0 Å². The van der Waals surface area contributed by atoms with Crippen molar-refractivity contribution < 1.29 is 19.1 Å². The minimum Gasteiger partial charge on any atom is -0.466 e. The van der Waals surface area contributed by atoms with E-state index in [9.17, 15) is 9.59 Å². The van der Waals surface area contributed by atoms with E-state index < -0.39 is 5.92 Å². The molecule has 0 amide bonds. The summed E-state index contributed by atoms with van der Waals surface area (Å²) in [6.07, 6.45) is 1.89. The number of carbonyl (C=O) groups excluding carboxylic acids is 2. The molecule has 1 rings (SSSR count). The Bertz CT molecular complexity index is 332. The highest BCUT2D eigenvalue weighted by molar-refractivity contribution is 5.88. The quantitative estimate of drug-likeness (QED) is 0.556. The maximum Gasteiger partial charge on any atom is 0.313 e. The lowest BCUT2D eigenvalue weighted by Crippen LogP contribution is -2.48. The fraction of sp³-hybridized carbons (Fsp3) is 0.692. The number of hydrogen-bond acceptors (Lipinski definition) is 4. The summed E-state index contributed by atoms with van der Waals surface area (Å²) in [6.45, 7) is 8.00. The number of allylic oxidation sites excluding steroid dienone is 1. The van der Waals surface area contributed by atoms with Gasteiger partial charge in [-0.15, -0.1) is 0 Å². The maximum atomic E-state index is 11.8. The average Bonchev–Trinajstić information content (AvgIpc) is 2.26. The smallest absolute Gasteiger partial charge is 0.313 e. The second kappa shape index (κ2) is 5.84. The first-order valence-electron chi connectivity index (χ1n) is 6.07. The van der Waals surface area contributed by atoms with E-state index in [0.29, 0.717) is 13.2 Å². The predicted octanol–water partition coefficient (Wildman–Crippen LogP) is 1.94. The predicted molar refractivity (Wildman–Crippen MR) is 63.2 cm³/mol. The van der Waals surface area contributed by atoms with Crippen LogP contribution in [0, 0.1) is 17.8 Å². The van der Waals surface area contributed by atoms with E-state index in [0.717, 1.165) is 5.57 Å². The monoisotopic (exact) mass is 240 g/mol. The van der Waals surface area contributed by atoms with Crippen LogP contribution in [-0.2, 0) is 19.1 Å². The molecule has 0 aliphatic heterocycles. The van der Waals surface area contributed by atoms with Gasteiger partial charge < -0.3 is 9.47 Å². The second-order valence-electron chi connectivity index (χ2n) is 4.08. The van der Waals surface area contributed by atoms with E-state index in [1.165, 1.54) is 0 Å². The molecule has 0 radical (unpaired) electrons. The lowest BCUT2D eigenvalue weighted by molar-refractivity contribution is -0.165. The third-order valence-corrected chi connectivity index (χ3v) is 3.22. The van der Waals surface area contributed by atoms with Gasteiger partial charge in [-0.2, -0.15) is 0 Å². The summed E-state index contributed by atoms with van der Waals surface area (Å²) in [4.78, 5) is 23.5. The summed E-state index contributed by atoms with van der Waals surface area (Å²) in [7, 11) is 0. The zero-order valence-electron chi connectivity index (χ0n) is 10.9. The number of ether oxygens (including phenoxy) is 2. The van der Waals surface area contributed by atoms with Crippen molar-refractivity contribution in [1.29, 1.82) is 0 Å². The topological polar surface area (TPSA) is 52.6 Å². The first-order chi connectivity index (χ1) is 8.08. The Morgan fingerprint density at radius 3 is 2.18 bits per heavy atom. The molecule has 0 unspecified atom stereocenters. The van der Waals surface area contributed by atoms with Gasteiger partial charge in [0.05, 0.1) is 25.0 Å². The molecule has 1 fully saturated rings. The highest BCUT2D eigenvalue weighted by atomic mass is 16.5. The maximum absolute atomic E-state index is 11.8. The van der Waals surface area contributed by atoms with Crippen molar-refractivity contribution >= 4 is 11.9 Å². The molecule has 17 heavy (non-hydrogen) atoms. The van der Waals surface area contributed by atoms with Crippen LogP contribution >= 0.6 is 0 Å². The number of carbonyl (C=O) groups is 2. The fourth-order valence-electron chi connectivity index (χ4n) is 2.40. The summed E-state index contributed by atoms with van der Waals surface area (Å²) in [5.74, 6) is -1.40. The van der Waals surface area contributed by atoms with E-state index in [1.807, 2.05) is 19.9 Å². The molecule has 0 saturated heterocycles. The summed E-state index contributed by atoms with van der Waals surface area (Å²) in [6, 6.07) is 0. The highest BCUT2D eigenvalue weighted by Gasteiger charge is 2.52. The molecule has 1 saturated carbocycles. The molecule has 1 aliphatic carbocycles. The molecule has 1 aliphatic rings. The van der Waals surface area contributed by atoms with Crippen LogP contribution in [0.3, 0.4) is 0 Å². The second-order valence-corrected chi connectivity index (χ2v) is 4.08. The largest absolute Gasteiger partial charge is 0.466 e. The van der Waals surface area contributed by atoms with Crippen LogP contribution in [0.5, 0.6) is 0 Å². The van der Waals surface area contributed by atoms with Crippen LogP contribution in [-0.4, -0.2) is 25.2 Å². The Balaban J connectivity index is 2.82. The van der Waals surface area contributed by atoms with Crippen molar-refractivity contribution in [1.82, 2.24) is 0 Å². The molecule has 3 atom stereocenters. The van der Waals surface area contributed by atoms with E-state index >= 15 is 0 Å². The standard InChI is InChI=1S/C13H20O4/c1-5-9-8(4)10(12(14)16-6-2)11(9)13(15)17-7-3/h5,8,10-11H,6-7H2,1-4H3/b9-5-/t8-,10+,11+/m0/s1. The Labute approximate surface area is 102 Å². The Kier molecular flexibility index (Phi) is 4.73. The van der Waals surface area contributed by atoms with Crippen LogP contribution in [0.2, 0.25) is 0 Å². The van der Waals surface area contributed by atoms with Crippen molar-refractivity contribution in [3.05, 3.63) is 11.6 Å². The normalized spacial score (nSPS) is 29.6. The minimum atomic E-state index is -0.450. The van der Waals surface area contributed by atoms with Crippen molar-refractivity contribution in [2.75, 3.05) is 13.2 Å². The Hall–Kier alpha value is -1.32. The van der Waals surface area contributed by atoms with Crippen molar-refractivity contribution in [2.45, 2.75) is 27.7 Å². The van der Waals surface area contributed by atoms with Crippen molar-refractivity contribution in [3.8, 4) is 0 Å². The van der Waals surface area contributed by atoms with Gasteiger partial charge in [-0.3, -0.25) is 9.59 Å². The molecule has 0 aromatic carbocycles. The summed E-state index contributed by atoms with van der Waals surface area (Å²) in [5.41, 5.74) is 0.974. The highest BCUT2D eigenvalue weighted by Crippen LogP contribution is 2.46. The Morgan fingerprint density at radius 1 is 1.18 bits per heavy atom. The van der Waals surface area contributed by atoms with Gasteiger partial charge in [0, 0.05) is 0 Å². The molecule has 0 aromatic heterocycles. The van der Waals surface area contributed by atoms with Crippen molar-refractivity contribution in [2.24, 2.45) is 17.8 Å². The molecule has 0 N–H and O–H groups in total. The minimum absolute atomic E-state index is 0.0634. The SMILES string of the molecule is C/C=C1\[C@@H](C(=O)OCC)[C@H](C(=O)OCC)[C@H]1C. The third kappa shape index (κ3) is 2.51. The van der Waals surface area contributed by atoms with E-state index in [4.69, 9.17) is 9.47 Å². The van der Waals surface area contributed by atoms with Crippen LogP contribution in [0.1, 0.15) is 27.7 Å². The van der Waals surface area contributed by atoms with E-state index in [1.54, 1.807) is 13.8 Å². The molecule has 4 nitrogen and oxygen atoms in total. The van der Waals surface area contributed by atoms with Crippen LogP contribution in [0.4, 0.5) is 0 Å². The summed E-state index contributed by atoms with van der Waals surface area (Å²) >= 11 is 0. The van der Waals surface area contributed by atoms with E-state index in [2.05, 4.69) is 0 Å². The first kappa shape index (κ1) is 13.7. The number of rotatable bonds is 4. The Morgan fingerprint density at radius 2 is 1.71 bits per heavy atom. The fourth-order valence-corrected chi connectivity index (χ4v) is 2.40. The lowest BCUT2D eigenvalue weighted by atomic mass is 9.61. The first-order valence-corrected chi connectivity index (χ1v) is 6.07. The molecular weight excluding hydrogens is 220 g/mol. The molecule has 0 heterocycles. The summed E-state index contributed by atoms with van der Waals surface area (Å²) < 4.78 is 9.99. The van der Waals surface area contributed by atoms with Crippen LogP contribution < -0.4 is 0 Å². The zero-order valence-corrected chi connectivity index (χ0v) is 10.9. The van der Waals surface area contributed by atoms with Crippen LogP contribution in [0.25, 0.3) is 0 Å². The number of esters is 2. The van der Waals surface area contributed by atoms with Gasteiger partial charge in [0.1, 0.15) is 0 Å². The third-order valence-electron chi connectivity index (χ3n) is 3.22. The van der Waals surface area contributed by atoms with Gasteiger partial charge in [0.2, 0.25) is 0 Å². The van der Waals surface area contributed by atoms with Gasteiger partial charge in [-0.25, -0.2) is 0 Å². The van der Waals surface area contributed by atoms with Crippen LogP contribution in [0.15, 0.2) is 11.6 Å². The van der Waals surface area contributed by atoms with Gasteiger partial charge in [0.25, 0.3) is 0 Å². The van der Waals surface area contributed by atoms with Gasteiger partial charge in [-0.1, -0.05) is 18.6 Å². The molecule has 4 heteroatoms. The molecule has 0 bridgehead atoms. The molecular formula is C13H20O4. The summed E-state index contributed by atoms with van der Waals surface area (Å²) in [5, 5.41) is 0. The van der Waals surface area contributed by atoms with E-state index in [-0.39, 0.29) is 23.8 Å². The molecule has 0 spiro atoms. The average molecular weight is 240 g/mol. The molecule has 0 aromatic rings. The molecule has 96 valence electrons. The lowest BCUT2D eigenvalue weighted by Gasteiger charge is -2.42.